The highest BCUT2D eigenvalue weighted by Crippen LogP contribution is 2.37. The number of hydrogen-bond acceptors (Lipinski definition) is 6. The van der Waals surface area contributed by atoms with Gasteiger partial charge in [0, 0.05) is 36.5 Å². The van der Waals surface area contributed by atoms with Crippen LogP contribution in [-0.2, 0) is 16.6 Å². The van der Waals surface area contributed by atoms with Gasteiger partial charge < -0.3 is 26.4 Å². The van der Waals surface area contributed by atoms with Crippen molar-refractivity contribution in [1.82, 2.24) is 15.6 Å². The van der Waals surface area contributed by atoms with Crippen LogP contribution in [0.15, 0.2) is 42.6 Å². The predicted octanol–water partition coefficient (Wildman–Crippen LogP) is 4.12. The first-order valence-electron chi connectivity index (χ1n) is 13.9. The van der Waals surface area contributed by atoms with Crippen LogP contribution in [0.1, 0.15) is 79.8 Å². The number of pyridine rings is 1. The first kappa shape index (κ1) is 31.3. The molecule has 0 spiro atoms. The Kier molecular flexibility index (Phi) is 11.3. The van der Waals surface area contributed by atoms with E-state index in [1.165, 1.54) is 31.7 Å². The van der Waals surface area contributed by atoms with E-state index >= 15 is 0 Å². The van der Waals surface area contributed by atoms with Crippen LogP contribution in [0.5, 0.6) is 0 Å². The zero-order valence-electron chi connectivity index (χ0n) is 23.0. The Balaban J connectivity index is 0.000000232. The maximum absolute atomic E-state index is 12.3. The van der Waals surface area contributed by atoms with Crippen LogP contribution in [0.4, 0.5) is 19.0 Å². The van der Waals surface area contributed by atoms with Gasteiger partial charge in [-0.15, -0.1) is 0 Å². The third-order valence-corrected chi connectivity index (χ3v) is 7.37. The smallest absolute Gasteiger partial charge is 0.385 e. The number of hydrogen-bond donors (Lipinski definition) is 4. The van der Waals surface area contributed by atoms with Crippen LogP contribution in [-0.4, -0.2) is 54.1 Å². The standard InChI is InChI=1S/C19H31N3O.C10H9F3N2O2/c1-2-3-12-20-17-8-10-19(23,11-9-17)16-6-7-18(21-15-16)22-13-4-5-14-22;11-10(12,13)7-3-1-2-6(4-7)9(17)15-5-8(14)16/h6-7,15,17,20,23H,2-5,8-14H2,1H3;1-4H,5H2,(H2,14,16)(H,15,17). The van der Waals surface area contributed by atoms with Crippen molar-refractivity contribution in [2.24, 2.45) is 5.73 Å². The van der Waals surface area contributed by atoms with Gasteiger partial charge in [-0.05, 0) is 75.8 Å². The van der Waals surface area contributed by atoms with Crippen LogP contribution in [0.2, 0.25) is 0 Å². The van der Waals surface area contributed by atoms with Gasteiger partial charge in [0.15, 0.2) is 0 Å². The number of unbranched alkanes of at least 4 members (excludes halogenated alkanes) is 1. The summed E-state index contributed by atoms with van der Waals surface area (Å²) in [5.74, 6) is -0.495. The van der Waals surface area contributed by atoms with Crippen molar-refractivity contribution in [1.29, 1.82) is 0 Å². The largest absolute Gasteiger partial charge is 0.416 e. The minimum Gasteiger partial charge on any atom is -0.385 e. The minimum absolute atomic E-state index is 0.180. The van der Waals surface area contributed by atoms with Crippen LogP contribution in [0.3, 0.4) is 0 Å². The van der Waals surface area contributed by atoms with E-state index in [0.717, 1.165) is 68.8 Å². The number of amides is 2. The van der Waals surface area contributed by atoms with Gasteiger partial charge >= 0.3 is 6.18 Å². The Hall–Kier alpha value is -3.18. The van der Waals surface area contributed by atoms with Gasteiger partial charge in [0.2, 0.25) is 5.91 Å². The molecule has 2 aliphatic rings. The van der Waals surface area contributed by atoms with Crippen molar-refractivity contribution in [3.8, 4) is 0 Å². The number of aromatic nitrogens is 1. The second-order valence-corrected chi connectivity index (χ2v) is 10.4. The first-order chi connectivity index (χ1) is 19.0. The lowest BCUT2D eigenvalue weighted by molar-refractivity contribution is -0.137. The number of nitrogens with one attached hydrogen (secondary N) is 2. The number of carbonyl (C=O) groups excluding carboxylic acids is 2. The fourth-order valence-corrected chi connectivity index (χ4v) is 4.97. The summed E-state index contributed by atoms with van der Waals surface area (Å²) in [6, 6.07) is 8.63. The Morgan fingerprint density at radius 2 is 1.85 bits per heavy atom. The fraction of sp³-hybridized carbons (Fsp3) is 0.552. The maximum Gasteiger partial charge on any atom is 0.416 e. The Bertz CT molecular complexity index is 1100. The lowest BCUT2D eigenvalue weighted by Gasteiger charge is -2.36. The van der Waals surface area contributed by atoms with Gasteiger partial charge in [-0.2, -0.15) is 13.2 Å². The molecule has 0 radical (unpaired) electrons. The molecule has 5 N–H and O–H groups in total. The summed E-state index contributed by atoms with van der Waals surface area (Å²) >= 11 is 0. The molecule has 40 heavy (non-hydrogen) atoms. The molecule has 1 aliphatic carbocycles. The average molecular weight is 564 g/mol. The topological polar surface area (TPSA) is 121 Å². The molecule has 1 saturated heterocycles. The van der Waals surface area contributed by atoms with Crippen molar-refractivity contribution >= 4 is 17.6 Å². The van der Waals surface area contributed by atoms with E-state index < -0.39 is 35.7 Å². The number of nitrogens with zero attached hydrogens (tertiary/aromatic N) is 2. The number of benzene rings is 1. The van der Waals surface area contributed by atoms with E-state index in [0.29, 0.717) is 12.1 Å². The summed E-state index contributed by atoms with van der Waals surface area (Å²) < 4.78 is 37.0. The number of anilines is 1. The SMILES string of the molecule is CCCCNC1CCC(O)(c2ccc(N3CCCC3)nc2)CC1.NC(=O)CNC(=O)c1cccc(C(F)(F)F)c1. The van der Waals surface area contributed by atoms with Gasteiger partial charge in [-0.25, -0.2) is 4.98 Å². The van der Waals surface area contributed by atoms with Crippen LogP contribution >= 0.6 is 0 Å². The Morgan fingerprint density at radius 3 is 2.42 bits per heavy atom. The normalized spacial score (nSPS) is 20.9. The number of halogens is 3. The van der Waals surface area contributed by atoms with E-state index in [1.54, 1.807) is 0 Å². The molecular weight excluding hydrogens is 523 g/mol. The van der Waals surface area contributed by atoms with Gasteiger partial charge in [-0.1, -0.05) is 25.5 Å². The average Bonchev–Trinajstić information content (AvgIpc) is 3.48. The molecule has 1 aliphatic heterocycles. The number of rotatable bonds is 9. The molecule has 1 aromatic heterocycles. The Morgan fingerprint density at radius 1 is 1.15 bits per heavy atom. The molecule has 2 amide bonds. The van der Waals surface area contributed by atoms with Gasteiger partial charge in [0.05, 0.1) is 17.7 Å². The highest BCUT2D eigenvalue weighted by molar-refractivity contribution is 5.96. The summed E-state index contributed by atoms with van der Waals surface area (Å²) in [5, 5.41) is 16.7. The number of alkyl halides is 3. The van der Waals surface area contributed by atoms with E-state index in [9.17, 15) is 27.9 Å². The summed E-state index contributed by atoms with van der Waals surface area (Å²) in [5.41, 5.74) is 3.99. The molecule has 8 nitrogen and oxygen atoms in total. The van der Waals surface area contributed by atoms with E-state index in [1.807, 2.05) is 6.20 Å². The first-order valence-corrected chi connectivity index (χ1v) is 13.9. The van der Waals surface area contributed by atoms with E-state index in [2.05, 4.69) is 39.6 Å². The van der Waals surface area contributed by atoms with E-state index in [-0.39, 0.29) is 5.56 Å². The highest BCUT2D eigenvalue weighted by atomic mass is 19.4. The molecular formula is C29H40F3N5O3. The van der Waals surface area contributed by atoms with Crippen LogP contribution in [0, 0.1) is 0 Å². The summed E-state index contributed by atoms with van der Waals surface area (Å²) in [6.07, 6.45) is 6.16. The number of aliphatic hydroxyl groups is 1. The molecule has 11 heteroatoms. The monoisotopic (exact) mass is 563 g/mol. The van der Waals surface area contributed by atoms with Crippen molar-refractivity contribution in [3.05, 3.63) is 59.3 Å². The summed E-state index contributed by atoms with van der Waals surface area (Å²) in [6.45, 7) is 5.13. The zero-order valence-corrected chi connectivity index (χ0v) is 23.0. The summed E-state index contributed by atoms with van der Waals surface area (Å²) in [7, 11) is 0. The van der Waals surface area contributed by atoms with Crippen molar-refractivity contribution in [2.75, 3.05) is 31.1 Å². The molecule has 0 atom stereocenters. The number of primary amides is 1. The lowest BCUT2D eigenvalue weighted by Crippen LogP contribution is -2.40. The second kappa shape index (κ2) is 14.5. The van der Waals surface area contributed by atoms with Gasteiger partial charge in [-0.3, -0.25) is 9.59 Å². The molecule has 0 bridgehead atoms. The van der Waals surface area contributed by atoms with Crippen molar-refractivity contribution < 1.29 is 27.9 Å². The maximum atomic E-state index is 12.3. The zero-order chi connectivity index (χ0) is 29.2. The number of carbonyl (C=O) groups is 2. The fourth-order valence-electron chi connectivity index (χ4n) is 4.97. The summed E-state index contributed by atoms with van der Waals surface area (Å²) in [4.78, 5) is 28.7. The van der Waals surface area contributed by atoms with Gasteiger partial charge in [0.1, 0.15) is 5.82 Å². The van der Waals surface area contributed by atoms with Crippen LogP contribution < -0.4 is 21.3 Å². The third kappa shape index (κ3) is 9.19. The Labute approximate surface area is 233 Å². The highest BCUT2D eigenvalue weighted by Gasteiger charge is 2.35. The third-order valence-electron chi connectivity index (χ3n) is 7.37. The molecule has 0 unspecified atom stereocenters. The predicted molar refractivity (Wildman–Crippen MR) is 148 cm³/mol. The molecule has 2 heterocycles. The van der Waals surface area contributed by atoms with Gasteiger partial charge in [0.25, 0.3) is 5.91 Å². The second-order valence-electron chi connectivity index (χ2n) is 10.4. The quantitative estimate of drug-likeness (QED) is 0.341. The molecule has 2 aromatic rings. The molecule has 1 aromatic carbocycles. The van der Waals surface area contributed by atoms with Crippen LogP contribution in [0.25, 0.3) is 0 Å². The van der Waals surface area contributed by atoms with Crippen molar-refractivity contribution in [3.63, 3.8) is 0 Å². The molecule has 220 valence electrons. The molecule has 4 rings (SSSR count). The minimum atomic E-state index is -4.51. The molecule has 1 saturated carbocycles. The lowest BCUT2D eigenvalue weighted by atomic mass is 9.78. The van der Waals surface area contributed by atoms with E-state index in [4.69, 9.17) is 5.73 Å². The molecule has 2 fully saturated rings. The number of nitrogens with two attached hydrogens (primary N) is 1. The van der Waals surface area contributed by atoms with Crippen molar-refractivity contribution in [2.45, 2.75) is 76.1 Å².